The molecular weight excluding hydrogens is 341 g/mol. The fraction of sp³-hybridized carbons (Fsp3) is 0.733. The highest BCUT2D eigenvalue weighted by Crippen LogP contribution is 2.27. The summed E-state index contributed by atoms with van der Waals surface area (Å²) in [6, 6.07) is -0.568. The molecule has 0 aliphatic carbocycles. The third kappa shape index (κ3) is 5.34. The molecule has 0 aromatic rings. The van der Waals surface area contributed by atoms with Crippen molar-refractivity contribution in [3.05, 3.63) is 0 Å². The molecule has 0 aromatic heterocycles. The predicted molar refractivity (Wildman–Crippen MR) is 80.8 cm³/mol. The number of hydrogen-bond donors (Lipinski definition) is 2. The lowest BCUT2D eigenvalue weighted by Crippen LogP contribution is -2.59. The molecule has 1 rings (SSSR count). The number of carbonyl (C=O) groups is 3. The Balaban J connectivity index is 2.99. The zero-order valence-corrected chi connectivity index (χ0v) is 14.2. The summed E-state index contributed by atoms with van der Waals surface area (Å²) in [6.45, 7) is 4.52. The molecule has 0 bridgehead atoms. The van der Waals surface area contributed by atoms with Crippen molar-refractivity contribution < 1.29 is 27.6 Å². The molecule has 0 radical (unpaired) electrons. The van der Waals surface area contributed by atoms with Gasteiger partial charge in [0.05, 0.1) is 6.07 Å². The molecule has 7 nitrogen and oxygen atoms in total. The zero-order valence-electron chi connectivity index (χ0n) is 14.2. The van der Waals surface area contributed by atoms with Gasteiger partial charge in [-0.05, 0) is 18.3 Å². The Morgan fingerprint density at radius 2 is 1.88 bits per heavy atom. The number of likely N-dealkylation sites (tertiary alicyclic amines) is 1. The van der Waals surface area contributed by atoms with Gasteiger partial charge >= 0.3 is 12.1 Å². The van der Waals surface area contributed by atoms with Crippen LogP contribution in [0.15, 0.2) is 0 Å². The average Bonchev–Trinajstić information content (AvgIpc) is 2.96. The minimum absolute atomic E-state index is 0.192. The second-order valence-corrected chi connectivity index (χ2v) is 6.84. The van der Waals surface area contributed by atoms with Crippen LogP contribution in [-0.2, 0) is 14.4 Å². The van der Waals surface area contributed by atoms with Gasteiger partial charge < -0.3 is 15.5 Å². The third-order valence-corrected chi connectivity index (χ3v) is 3.83. The number of rotatable bonds is 4. The van der Waals surface area contributed by atoms with E-state index in [0.717, 1.165) is 0 Å². The lowest BCUT2D eigenvalue weighted by atomic mass is 9.85. The normalized spacial score (nSPS) is 19.1. The molecule has 1 saturated heterocycles. The van der Waals surface area contributed by atoms with Crippen LogP contribution in [0.25, 0.3) is 0 Å². The van der Waals surface area contributed by atoms with Crippen molar-refractivity contribution in [2.45, 2.75) is 51.9 Å². The number of carbonyl (C=O) groups excluding carboxylic acids is 3. The standard InChI is InChI=1S/C15H21F3N4O3/c1-14(2,3)10(21-13(25)15(16,17)18)12(24)22-8-4-5-9(22)11(23)20-7-6-19/h9-10H,4-5,7-8H2,1-3H3,(H,20,23)(H,21,25)/t9-,10+/m0/s1. The molecule has 1 aliphatic heterocycles. The molecular formula is C15H21F3N4O3. The molecule has 0 spiro atoms. The molecule has 2 N–H and O–H groups in total. The van der Waals surface area contributed by atoms with Gasteiger partial charge in [-0.25, -0.2) is 0 Å². The summed E-state index contributed by atoms with van der Waals surface area (Å²) in [7, 11) is 0. The van der Waals surface area contributed by atoms with E-state index in [0.29, 0.717) is 12.8 Å². The first kappa shape index (κ1) is 20.7. The molecule has 140 valence electrons. The van der Waals surface area contributed by atoms with E-state index in [4.69, 9.17) is 5.26 Å². The van der Waals surface area contributed by atoms with Crippen LogP contribution < -0.4 is 10.6 Å². The van der Waals surface area contributed by atoms with Crippen LogP contribution >= 0.6 is 0 Å². The summed E-state index contributed by atoms with van der Waals surface area (Å²) >= 11 is 0. The summed E-state index contributed by atoms with van der Waals surface area (Å²) in [4.78, 5) is 37.2. The highest BCUT2D eigenvalue weighted by atomic mass is 19.4. The average molecular weight is 362 g/mol. The fourth-order valence-electron chi connectivity index (χ4n) is 2.57. The largest absolute Gasteiger partial charge is 0.471 e. The van der Waals surface area contributed by atoms with Crippen LogP contribution in [0.1, 0.15) is 33.6 Å². The van der Waals surface area contributed by atoms with Crippen LogP contribution in [0, 0.1) is 16.7 Å². The Labute approximate surface area is 143 Å². The number of hydrogen-bond acceptors (Lipinski definition) is 4. The highest BCUT2D eigenvalue weighted by Gasteiger charge is 2.46. The second kappa shape index (κ2) is 7.72. The van der Waals surface area contributed by atoms with E-state index in [1.807, 2.05) is 0 Å². The van der Waals surface area contributed by atoms with Crippen molar-refractivity contribution in [2.75, 3.05) is 13.1 Å². The van der Waals surface area contributed by atoms with E-state index in [2.05, 4.69) is 5.32 Å². The molecule has 1 aliphatic rings. The Bertz CT molecular complexity index is 578. The summed E-state index contributed by atoms with van der Waals surface area (Å²) in [5, 5.41) is 12.6. The monoisotopic (exact) mass is 362 g/mol. The molecule has 1 heterocycles. The minimum Gasteiger partial charge on any atom is -0.341 e. The van der Waals surface area contributed by atoms with Crippen LogP contribution in [0.3, 0.4) is 0 Å². The molecule has 1 fully saturated rings. The first-order valence-electron chi connectivity index (χ1n) is 7.72. The maximum atomic E-state index is 12.7. The second-order valence-electron chi connectivity index (χ2n) is 6.84. The Hall–Kier alpha value is -2.31. The summed E-state index contributed by atoms with van der Waals surface area (Å²) < 4.78 is 37.7. The zero-order chi connectivity index (χ0) is 19.4. The van der Waals surface area contributed by atoms with E-state index >= 15 is 0 Å². The summed E-state index contributed by atoms with van der Waals surface area (Å²) in [6.07, 6.45) is -4.27. The molecule has 25 heavy (non-hydrogen) atoms. The van der Waals surface area contributed by atoms with Gasteiger partial charge in [-0.3, -0.25) is 14.4 Å². The maximum Gasteiger partial charge on any atom is 0.471 e. The van der Waals surface area contributed by atoms with Crippen LogP contribution in [-0.4, -0.2) is 54.0 Å². The van der Waals surface area contributed by atoms with E-state index in [9.17, 15) is 27.6 Å². The first-order chi connectivity index (χ1) is 11.4. The quantitative estimate of drug-likeness (QED) is 0.719. The number of alkyl halides is 3. The van der Waals surface area contributed by atoms with Gasteiger partial charge in [0.2, 0.25) is 11.8 Å². The lowest BCUT2D eigenvalue weighted by molar-refractivity contribution is -0.176. The Morgan fingerprint density at radius 3 is 2.36 bits per heavy atom. The number of nitrogens with zero attached hydrogens (tertiary/aromatic N) is 2. The number of nitrogens with one attached hydrogen (secondary N) is 2. The SMILES string of the molecule is CC(C)(C)[C@H](NC(=O)C(F)(F)F)C(=O)N1CCC[C@H]1C(=O)NCC#N. The van der Waals surface area contributed by atoms with Gasteiger partial charge in [-0.1, -0.05) is 20.8 Å². The summed E-state index contributed by atoms with van der Waals surface area (Å²) in [5.41, 5.74) is -0.992. The van der Waals surface area contributed by atoms with E-state index < -0.39 is 41.4 Å². The number of nitriles is 1. The predicted octanol–water partition coefficient (Wildman–Crippen LogP) is 0.710. The van der Waals surface area contributed by atoms with Crippen LogP contribution in [0.4, 0.5) is 13.2 Å². The maximum absolute atomic E-state index is 12.7. The topological polar surface area (TPSA) is 102 Å². The van der Waals surface area contributed by atoms with Crippen molar-refractivity contribution in [3.63, 3.8) is 0 Å². The van der Waals surface area contributed by atoms with Gasteiger partial charge in [-0.2, -0.15) is 18.4 Å². The number of halogens is 3. The third-order valence-electron chi connectivity index (χ3n) is 3.83. The number of amides is 3. The van der Waals surface area contributed by atoms with E-state index in [1.165, 1.54) is 25.7 Å². The minimum atomic E-state index is -5.11. The van der Waals surface area contributed by atoms with E-state index in [-0.39, 0.29) is 13.1 Å². The van der Waals surface area contributed by atoms with E-state index in [1.54, 1.807) is 11.4 Å². The molecule has 3 amide bonds. The highest BCUT2D eigenvalue weighted by molar-refractivity contribution is 5.94. The van der Waals surface area contributed by atoms with Crippen molar-refractivity contribution in [1.82, 2.24) is 15.5 Å². The summed E-state index contributed by atoms with van der Waals surface area (Å²) in [5.74, 6) is -3.49. The smallest absolute Gasteiger partial charge is 0.341 e. The van der Waals surface area contributed by atoms with Crippen molar-refractivity contribution in [1.29, 1.82) is 5.26 Å². The Morgan fingerprint density at radius 1 is 1.28 bits per heavy atom. The van der Waals surface area contributed by atoms with Gasteiger partial charge in [0.1, 0.15) is 18.6 Å². The molecule has 10 heteroatoms. The van der Waals surface area contributed by atoms with Crippen LogP contribution in [0.2, 0.25) is 0 Å². The lowest BCUT2D eigenvalue weighted by Gasteiger charge is -2.35. The van der Waals surface area contributed by atoms with Gasteiger partial charge in [0.15, 0.2) is 0 Å². The van der Waals surface area contributed by atoms with Crippen molar-refractivity contribution in [3.8, 4) is 6.07 Å². The fourth-order valence-corrected chi connectivity index (χ4v) is 2.57. The molecule has 0 saturated carbocycles. The van der Waals surface area contributed by atoms with Gasteiger partial charge in [0.25, 0.3) is 0 Å². The van der Waals surface area contributed by atoms with Crippen molar-refractivity contribution >= 4 is 17.7 Å². The molecule has 2 atom stereocenters. The Kier molecular flexibility index (Phi) is 6.40. The molecule has 0 unspecified atom stereocenters. The van der Waals surface area contributed by atoms with Crippen LogP contribution in [0.5, 0.6) is 0 Å². The van der Waals surface area contributed by atoms with Gasteiger partial charge in [-0.15, -0.1) is 0 Å². The first-order valence-corrected chi connectivity index (χ1v) is 7.72. The molecule has 0 aromatic carbocycles. The van der Waals surface area contributed by atoms with Gasteiger partial charge in [0, 0.05) is 6.54 Å². The van der Waals surface area contributed by atoms with Crippen molar-refractivity contribution in [2.24, 2.45) is 5.41 Å².